The van der Waals surface area contributed by atoms with Gasteiger partial charge in [0.15, 0.2) is 0 Å². The first kappa shape index (κ1) is 20.7. The van der Waals surface area contributed by atoms with E-state index in [1.807, 2.05) is 26.8 Å². The number of nitrogens with one attached hydrogen (secondary N) is 1. The highest BCUT2D eigenvalue weighted by Crippen LogP contribution is 2.31. The number of anilines is 1. The number of amides is 1. The maximum atomic E-state index is 14.2. The molecule has 3 rings (SSSR count). The number of piperidine rings is 1. The molecule has 6 heteroatoms. The molecule has 0 radical (unpaired) electrons. The molecule has 1 unspecified atom stereocenters. The molecule has 1 amide bonds. The maximum Gasteiger partial charge on any atom is 0.407 e. The van der Waals surface area contributed by atoms with E-state index in [4.69, 9.17) is 4.74 Å². The van der Waals surface area contributed by atoms with Gasteiger partial charge in [0.1, 0.15) is 17.5 Å². The number of hydrogen-bond acceptors (Lipinski definition) is 4. The molecule has 0 saturated carbocycles. The maximum absolute atomic E-state index is 14.2. The Labute approximate surface area is 171 Å². The molecule has 2 aromatic carbocycles. The summed E-state index contributed by atoms with van der Waals surface area (Å²) in [5.41, 5.74) is 1.95. The van der Waals surface area contributed by atoms with E-state index in [-0.39, 0.29) is 11.9 Å². The molecule has 29 heavy (non-hydrogen) atoms. The van der Waals surface area contributed by atoms with Crippen molar-refractivity contribution in [2.45, 2.75) is 45.3 Å². The lowest BCUT2D eigenvalue weighted by Gasteiger charge is -2.35. The van der Waals surface area contributed by atoms with Gasteiger partial charge in [-0.25, -0.2) is 9.18 Å². The van der Waals surface area contributed by atoms with Crippen LogP contribution in [0.2, 0.25) is 0 Å². The summed E-state index contributed by atoms with van der Waals surface area (Å²) in [4.78, 5) is 14.2. The van der Waals surface area contributed by atoms with Crippen molar-refractivity contribution in [1.82, 2.24) is 5.32 Å². The molecule has 1 N–H and O–H groups in total. The summed E-state index contributed by atoms with van der Waals surface area (Å²) in [6.07, 6.45) is 1.27. The van der Waals surface area contributed by atoms with Crippen LogP contribution in [0, 0.1) is 17.1 Å². The first-order valence-corrected chi connectivity index (χ1v) is 9.80. The summed E-state index contributed by atoms with van der Waals surface area (Å²) < 4.78 is 19.6. The molecule has 5 nitrogen and oxygen atoms in total. The highest BCUT2D eigenvalue weighted by molar-refractivity contribution is 5.73. The lowest BCUT2D eigenvalue weighted by atomic mass is 9.99. The van der Waals surface area contributed by atoms with Crippen molar-refractivity contribution >= 4 is 11.8 Å². The minimum absolute atomic E-state index is 0.0812. The Hall–Kier alpha value is -3.07. The second kappa shape index (κ2) is 8.52. The van der Waals surface area contributed by atoms with E-state index in [1.165, 1.54) is 6.07 Å². The third kappa shape index (κ3) is 5.26. The number of rotatable bonds is 3. The predicted molar refractivity (Wildman–Crippen MR) is 111 cm³/mol. The Morgan fingerprint density at radius 3 is 2.72 bits per heavy atom. The van der Waals surface area contributed by atoms with Crippen molar-refractivity contribution < 1.29 is 13.9 Å². The number of halogens is 1. The van der Waals surface area contributed by atoms with E-state index in [9.17, 15) is 14.4 Å². The number of carbonyl (C=O) groups is 1. The summed E-state index contributed by atoms with van der Waals surface area (Å²) in [7, 11) is 0. The number of hydrogen-bond donors (Lipinski definition) is 1. The van der Waals surface area contributed by atoms with E-state index in [1.54, 1.807) is 30.3 Å². The second-order valence-corrected chi connectivity index (χ2v) is 8.25. The third-order valence-electron chi connectivity index (χ3n) is 4.79. The van der Waals surface area contributed by atoms with Gasteiger partial charge in [0, 0.05) is 24.7 Å². The molecule has 1 aliphatic heterocycles. The van der Waals surface area contributed by atoms with Gasteiger partial charge in [-0.3, -0.25) is 0 Å². The van der Waals surface area contributed by atoms with E-state index < -0.39 is 11.7 Å². The minimum atomic E-state index is -0.555. The van der Waals surface area contributed by atoms with Gasteiger partial charge in [0.2, 0.25) is 0 Å². The fraction of sp³-hybridized carbons (Fsp3) is 0.391. The van der Waals surface area contributed by atoms with Gasteiger partial charge < -0.3 is 15.0 Å². The fourth-order valence-electron chi connectivity index (χ4n) is 3.54. The Morgan fingerprint density at radius 1 is 1.28 bits per heavy atom. The molecule has 0 spiro atoms. The van der Waals surface area contributed by atoms with Crippen LogP contribution in [-0.4, -0.2) is 30.8 Å². The first-order valence-electron chi connectivity index (χ1n) is 9.80. The average Bonchev–Trinajstić information content (AvgIpc) is 2.66. The zero-order valence-electron chi connectivity index (χ0n) is 17.0. The van der Waals surface area contributed by atoms with Gasteiger partial charge in [-0.15, -0.1) is 0 Å². The zero-order valence-corrected chi connectivity index (χ0v) is 17.0. The van der Waals surface area contributed by atoms with Gasteiger partial charge in [0.05, 0.1) is 11.3 Å². The monoisotopic (exact) mass is 395 g/mol. The van der Waals surface area contributed by atoms with Gasteiger partial charge >= 0.3 is 6.09 Å². The van der Waals surface area contributed by atoms with Crippen molar-refractivity contribution in [2.75, 3.05) is 18.0 Å². The van der Waals surface area contributed by atoms with Crippen LogP contribution in [0.15, 0.2) is 42.5 Å². The standard InChI is InChI=1S/C23H26FN3O2/c1-23(2,3)29-22(28)26-18-7-6-12-27(15-18)21-13-16(10-11-17(21)14-25)19-8-4-5-9-20(19)24/h4-5,8-11,13,18H,6-7,12,15H2,1-3H3,(H,26,28). The van der Waals surface area contributed by atoms with Crippen LogP contribution < -0.4 is 10.2 Å². The Balaban J connectivity index is 1.82. The van der Waals surface area contributed by atoms with Gasteiger partial charge in [-0.2, -0.15) is 5.26 Å². The number of nitriles is 1. The second-order valence-electron chi connectivity index (χ2n) is 8.25. The summed E-state index contributed by atoms with van der Waals surface area (Å²) in [6, 6.07) is 14.1. The van der Waals surface area contributed by atoms with Crippen LogP contribution in [0.4, 0.5) is 14.9 Å². The first-order chi connectivity index (χ1) is 13.8. The van der Waals surface area contributed by atoms with Crippen LogP contribution in [0.3, 0.4) is 0 Å². The quantitative estimate of drug-likeness (QED) is 0.806. The SMILES string of the molecule is CC(C)(C)OC(=O)NC1CCCN(c2cc(-c3ccccc3F)ccc2C#N)C1. The van der Waals surface area contributed by atoms with Gasteiger partial charge in [0.25, 0.3) is 0 Å². The number of nitrogens with zero attached hydrogens (tertiary/aromatic N) is 2. The Kier molecular flexibility index (Phi) is 6.07. The van der Waals surface area contributed by atoms with Crippen LogP contribution in [0.25, 0.3) is 11.1 Å². The van der Waals surface area contributed by atoms with Crippen molar-refractivity contribution in [3.63, 3.8) is 0 Å². The summed E-state index contributed by atoms with van der Waals surface area (Å²) in [6.45, 7) is 6.81. The molecule has 1 atom stereocenters. The topological polar surface area (TPSA) is 65.4 Å². The zero-order chi connectivity index (χ0) is 21.0. The highest BCUT2D eigenvalue weighted by atomic mass is 19.1. The smallest absolute Gasteiger partial charge is 0.407 e. The Bertz CT molecular complexity index is 930. The molecule has 1 fully saturated rings. The van der Waals surface area contributed by atoms with Gasteiger partial charge in [-0.05, 0) is 57.4 Å². The van der Waals surface area contributed by atoms with Crippen LogP contribution in [0.1, 0.15) is 39.2 Å². The lowest BCUT2D eigenvalue weighted by Crippen LogP contribution is -2.49. The highest BCUT2D eigenvalue weighted by Gasteiger charge is 2.25. The number of ether oxygens (including phenoxy) is 1. The molecule has 0 aromatic heterocycles. The molecule has 1 saturated heterocycles. The van der Waals surface area contributed by atoms with E-state index >= 15 is 0 Å². The van der Waals surface area contributed by atoms with Crippen molar-refractivity contribution in [3.8, 4) is 17.2 Å². The van der Waals surface area contributed by atoms with E-state index in [2.05, 4.69) is 16.3 Å². The van der Waals surface area contributed by atoms with E-state index in [0.29, 0.717) is 17.7 Å². The number of alkyl carbamates (subject to hydrolysis) is 1. The number of benzene rings is 2. The molecule has 0 aliphatic carbocycles. The van der Waals surface area contributed by atoms with E-state index in [0.717, 1.165) is 30.6 Å². The third-order valence-corrected chi connectivity index (χ3v) is 4.79. The predicted octanol–water partition coefficient (Wildman–Crippen LogP) is 4.86. The molecule has 1 heterocycles. The average molecular weight is 395 g/mol. The fourth-order valence-corrected chi connectivity index (χ4v) is 3.54. The molecule has 152 valence electrons. The molecular weight excluding hydrogens is 369 g/mol. The minimum Gasteiger partial charge on any atom is -0.444 e. The van der Waals surface area contributed by atoms with Crippen LogP contribution in [-0.2, 0) is 4.74 Å². The molecule has 0 bridgehead atoms. The van der Waals surface area contributed by atoms with Crippen molar-refractivity contribution in [3.05, 3.63) is 53.8 Å². The van der Waals surface area contributed by atoms with Crippen LogP contribution in [0.5, 0.6) is 0 Å². The van der Waals surface area contributed by atoms with Crippen LogP contribution >= 0.6 is 0 Å². The number of carbonyl (C=O) groups excluding carboxylic acids is 1. The summed E-state index contributed by atoms with van der Waals surface area (Å²) in [5.74, 6) is -0.300. The normalized spacial score (nSPS) is 16.8. The largest absolute Gasteiger partial charge is 0.444 e. The summed E-state index contributed by atoms with van der Waals surface area (Å²) >= 11 is 0. The van der Waals surface area contributed by atoms with Crippen molar-refractivity contribution in [1.29, 1.82) is 5.26 Å². The lowest BCUT2D eigenvalue weighted by molar-refractivity contribution is 0.0500. The Morgan fingerprint density at radius 2 is 2.03 bits per heavy atom. The van der Waals surface area contributed by atoms with Crippen molar-refractivity contribution in [2.24, 2.45) is 0 Å². The van der Waals surface area contributed by atoms with Gasteiger partial charge in [-0.1, -0.05) is 24.3 Å². The summed E-state index contributed by atoms with van der Waals surface area (Å²) in [5, 5.41) is 12.5. The molecule has 1 aliphatic rings. The molecular formula is C23H26FN3O2. The molecule has 2 aromatic rings.